The van der Waals surface area contributed by atoms with Crippen molar-refractivity contribution in [1.82, 2.24) is 5.01 Å². The van der Waals surface area contributed by atoms with Crippen molar-refractivity contribution < 1.29 is 9.90 Å². The molecule has 1 N–H and O–H groups in total. The van der Waals surface area contributed by atoms with Crippen LogP contribution in [0.15, 0.2) is 38.7 Å². The predicted octanol–water partition coefficient (Wildman–Crippen LogP) is 2.87. The second kappa shape index (κ2) is 6.21. The van der Waals surface area contributed by atoms with Gasteiger partial charge in [-0.15, -0.1) is 4.91 Å². The van der Waals surface area contributed by atoms with Gasteiger partial charge in [0.05, 0.1) is 5.71 Å². The summed E-state index contributed by atoms with van der Waals surface area (Å²) in [7, 11) is 1.56. The molecule has 1 aliphatic heterocycles. The van der Waals surface area contributed by atoms with Crippen LogP contribution in [-0.2, 0) is 4.79 Å². The number of hydrogen-bond donors (Lipinski definition) is 1. The first kappa shape index (κ1) is 14.8. The van der Waals surface area contributed by atoms with Gasteiger partial charge in [0.25, 0.3) is 5.91 Å². The molecule has 8 heteroatoms. The van der Waals surface area contributed by atoms with Gasteiger partial charge in [0, 0.05) is 7.05 Å². The molecule has 1 heterocycles. The number of hydrazone groups is 1. The van der Waals surface area contributed by atoms with Gasteiger partial charge in [-0.05, 0) is 29.8 Å². The van der Waals surface area contributed by atoms with Crippen molar-refractivity contribution in [2.24, 2.45) is 20.5 Å². The summed E-state index contributed by atoms with van der Waals surface area (Å²) in [5.41, 5.74) is 0.849. The molecule has 0 bridgehead atoms. The van der Waals surface area contributed by atoms with Crippen molar-refractivity contribution in [3.63, 3.8) is 0 Å². The van der Waals surface area contributed by atoms with Crippen LogP contribution in [-0.4, -0.2) is 34.8 Å². The molecule has 2 rings (SSSR count). The molecule has 110 valence electrons. The van der Waals surface area contributed by atoms with E-state index in [0.29, 0.717) is 12.1 Å². The maximum atomic E-state index is 11.9. The third kappa shape index (κ3) is 3.10. The zero-order valence-electron chi connectivity index (χ0n) is 11.7. The molecule has 21 heavy (non-hydrogen) atoms. The van der Waals surface area contributed by atoms with Crippen LogP contribution in [0.1, 0.15) is 19.8 Å². The van der Waals surface area contributed by atoms with Crippen LogP contribution >= 0.6 is 0 Å². The van der Waals surface area contributed by atoms with Crippen LogP contribution in [0.25, 0.3) is 0 Å². The van der Waals surface area contributed by atoms with E-state index in [1.807, 2.05) is 6.92 Å². The molecule has 1 aromatic carbocycles. The van der Waals surface area contributed by atoms with Gasteiger partial charge < -0.3 is 5.11 Å². The molecule has 1 aliphatic rings. The van der Waals surface area contributed by atoms with Gasteiger partial charge in [-0.25, -0.2) is 5.01 Å². The third-order valence-corrected chi connectivity index (χ3v) is 3.00. The molecule has 0 saturated carbocycles. The van der Waals surface area contributed by atoms with E-state index < -0.39 is 6.04 Å². The van der Waals surface area contributed by atoms with Crippen LogP contribution < -0.4 is 0 Å². The fourth-order valence-electron chi connectivity index (χ4n) is 1.94. The second-order valence-corrected chi connectivity index (χ2v) is 4.59. The minimum Gasteiger partial charge on any atom is -0.506 e. The third-order valence-electron chi connectivity index (χ3n) is 3.00. The van der Waals surface area contributed by atoms with Crippen LogP contribution in [0.5, 0.6) is 5.75 Å². The lowest BCUT2D eigenvalue weighted by Gasteiger charge is -2.05. The Morgan fingerprint density at radius 1 is 1.43 bits per heavy atom. The summed E-state index contributed by atoms with van der Waals surface area (Å²) < 4.78 is 0. The Morgan fingerprint density at radius 3 is 2.86 bits per heavy atom. The Bertz CT molecular complexity index is 626. The monoisotopic (exact) mass is 289 g/mol. The van der Waals surface area contributed by atoms with E-state index in [1.54, 1.807) is 7.05 Å². The molecule has 8 nitrogen and oxygen atoms in total. The fourth-order valence-corrected chi connectivity index (χ4v) is 1.94. The number of rotatable bonds is 5. The summed E-state index contributed by atoms with van der Waals surface area (Å²) in [6.45, 7) is 1.98. The SMILES string of the molecule is CCCC1=NN(C)C(=O)C1/N=N/c1cc(N=O)ccc1O. The Labute approximate surface area is 121 Å². The minimum absolute atomic E-state index is 0.0882. The molecule has 0 radical (unpaired) electrons. The van der Waals surface area contributed by atoms with Crippen molar-refractivity contribution in [3.8, 4) is 5.75 Å². The van der Waals surface area contributed by atoms with Gasteiger partial charge in [-0.1, -0.05) is 13.3 Å². The molecule has 1 atom stereocenters. The number of benzene rings is 1. The van der Waals surface area contributed by atoms with Gasteiger partial charge in [0.15, 0.2) is 6.04 Å². The summed E-state index contributed by atoms with van der Waals surface area (Å²) >= 11 is 0. The Hall–Kier alpha value is -2.64. The molecule has 1 unspecified atom stereocenters. The highest BCUT2D eigenvalue weighted by Gasteiger charge is 2.33. The first-order chi connectivity index (χ1) is 10.1. The number of carbonyl (C=O) groups excluding carboxylic acids is 1. The van der Waals surface area contributed by atoms with Crippen LogP contribution in [0, 0.1) is 4.91 Å². The topological polar surface area (TPSA) is 107 Å². The molecule has 0 spiro atoms. The quantitative estimate of drug-likeness (QED) is 0.665. The summed E-state index contributed by atoms with van der Waals surface area (Å²) in [5.74, 6) is -0.412. The van der Waals surface area contributed by atoms with Crippen molar-refractivity contribution in [3.05, 3.63) is 23.1 Å². The van der Waals surface area contributed by atoms with E-state index >= 15 is 0 Å². The van der Waals surface area contributed by atoms with Gasteiger partial charge in [0.1, 0.15) is 17.1 Å². The first-order valence-corrected chi connectivity index (χ1v) is 6.49. The maximum Gasteiger partial charge on any atom is 0.275 e. The van der Waals surface area contributed by atoms with E-state index in [0.717, 1.165) is 6.42 Å². The smallest absolute Gasteiger partial charge is 0.275 e. The van der Waals surface area contributed by atoms with Crippen LogP contribution in [0.2, 0.25) is 0 Å². The lowest BCUT2D eigenvalue weighted by Crippen LogP contribution is -2.28. The standard InChI is InChI=1S/C13H15N5O3/c1-3-4-9-12(13(20)18(2)16-9)15-14-10-7-8(17-21)5-6-11(10)19/h5-7,12,19H,3-4H2,1-2H3/b15-14+. The normalized spacial score (nSPS) is 18.4. The fraction of sp³-hybridized carbons (Fsp3) is 0.385. The second-order valence-electron chi connectivity index (χ2n) is 4.59. The number of phenols is 1. The number of likely N-dealkylation sites (N-methyl/N-ethyl adjacent to an activating group) is 1. The number of amides is 1. The number of azo groups is 1. The minimum atomic E-state index is -0.776. The molecule has 1 amide bonds. The average molecular weight is 289 g/mol. The summed E-state index contributed by atoms with van der Waals surface area (Å²) in [6.07, 6.45) is 1.48. The van der Waals surface area contributed by atoms with E-state index in [9.17, 15) is 14.8 Å². The molecule has 0 fully saturated rings. The number of carbonyl (C=O) groups is 1. The average Bonchev–Trinajstić information content (AvgIpc) is 2.74. The van der Waals surface area contributed by atoms with Crippen LogP contribution in [0.4, 0.5) is 11.4 Å². The zero-order chi connectivity index (χ0) is 15.4. The molecule has 0 aromatic heterocycles. The van der Waals surface area contributed by atoms with Crippen molar-refractivity contribution in [2.45, 2.75) is 25.8 Å². The lowest BCUT2D eigenvalue weighted by molar-refractivity contribution is -0.128. The number of phenolic OH excluding ortho intramolecular Hbond substituents is 1. The number of nitrogens with zero attached hydrogens (tertiary/aromatic N) is 5. The van der Waals surface area contributed by atoms with E-state index in [2.05, 4.69) is 20.5 Å². The molecule has 1 aromatic rings. The van der Waals surface area contributed by atoms with Crippen molar-refractivity contribution in [1.29, 1.82) is 0 Å². The largest absolute Gasteiger partial charge is 0.506 e. The van der Waals surface area contributed by atoms with Crippen molar-refractivity contribution >= 4 is 23.0 Å². The van der Waals surface area contributed by atoms with Crippen LogP contribution in [0.3, 0.4) is 0 Å². The van der Waals surface area contributed by atoms with E-state index in [1.165, 1.54) is 23.2 Å². The lowest BCUT2D eigenvalue weighted by atomic mass is 10.1. The zero-order valence-corrected chi connectivity index (χ0v) is 11.7. The Balaban J connectivity index is 2.26. The molecular weight excluding hydrogens is 274 g/mol. The summed E-state index contributed by atoms with van der Waals surface area (Å²) in [6, 6.07) is 3.18. The maximum absolute atomic E-state index is 11.9. The molecular formula is C13H15N5O3. The molecule has 0 aliphatic carbocycles. The Morgan fingerprint density at radius 2 is 2.19 bits per heavy atom. The van der Waals surface area contributed by atoms with E-state index in [-0.39, 0.29) is 23.0 Å². The van der Waals surface area contributed by atoms with Crippen molar-refractivity contribution in [2.75, 3.05) is 7.05 Å². The Kier molecular flexibility index (Phi) is 4.36. The highest BCUT2D eigenvalue weighted by molar-refractivity contribution is 6.11. The number of nitroso groups, excluding NO2 is 1. The van der Waals surface area contributed by atoms with Gasteiger partial charge >= 0.3 is 0 Å². The highest BCUT2D eigenvalue weighted by Crippen LogP contribution is 2.31. The predicted molar refractivity (Wildman–Crippen MR) is 77.0 cm³/mol. The van der Waals surface area contributed by atoms with E-state index in [4.69, 9.17) is 0 Å². The summed E-state index contributed by atoms with van der Waals surface area (Å²) in [5, 5.41) is 25.6. The molecule has 0 saturated heterocycles. The number of hydrogen-bond acceptors (Lipinski definition) is 7. The van der Waals surface area contributed by atoms with Gasteiger partial charge in [0.2, 0.25) is 0 Å². The number of aromatic hydroxyl groups is 1. The highest BCUT2D eigenvalue weighted by atomic mass is 16.3. The van der Waals surface area contributed by atoms with Gasteiger partial charge in [-0.3, -0.25) is 4.79 Å². The summed E-state index contributed by atoms with van der Waals surface area (Å²) in [4.78, 5) is 22.4. The van der Waals surface area contributed by atoms with Gasteiger partial charge in [-0.2, -0.15) is 15.3 Å². The first-order valence-electron chi connectivity index (χ1n) is 6.49.